The minimum Gasteiger partial charge on any atom is -0.471 e. The Morgan fingerprint density at radius 3 is 2.35 bits per heavy atom. The third kappa shape index (κ3) is 5.51. The number of rotatable bonds is 11. The van der Waals surface area contributed by atoms with E-state index in [4.69, 9.17) is 4.74 Å². The summed E-state index contributed by atoms with van der Waals surface area (Å²) in [5.41, 5.74) is 2.79. The van der Waals surface area contributed by atoms with Crippen molar-refractivity contribution in [3.05, 3.63) is 77.6 Å². The maximum absolute atomic E-state index is 12.4. The lowest BCUT2D eigenvalue weighted by Crippen LogP contribution is -2.30. The molecule has 4 rings (SSSR count). The molecule has 0 fully saturated rings. The van der Waals surface area contributed by atoms with Gasteiger partial charge in [-0.3, -0.25) is 19.3 Å². The molecule has 8 nitrogen and oxygen atoms in total. The fraction of sp³-hybridized carbons (Fsp3) is 0.308. The molecule has 1 aromatic heterocycles. The smallest absolute Gasteiger partial charge is 0.261 e. The molecule has 0 spiro atoms. The summed E-state index contributed by atoms with van der Waals surface area (Å²) in [5.74, 6) is 0.186. The molecule has 0 atom stereocenters. The van der Waals surface area contributed by atoms with Crippen molar-refractivity contribution in [3.8, 4) is 5.75 Å². The molecule has 0 unspecified atom stereocenters. The van der Waals surface area contributed by atoms with Crippen LogP contribution in [0, 0.1) is 0 Å². The van der Waals surface area contributed by atoms with Crippen LogP contribution in [0.5, 0.6) is 5.75 Å². The van der Waals surface area contributed by atoms with Gasteiger partial charge in [0, 0.05) is 13.0 Å². The molecule has 0 aliphatic carbocycles. The lowest BCUT2D eigenvalue weighted by atomic mass is 10.1. The minimum atomic E-state index is -0.239. The number of hydrogen-bond donors (Lipinski definition) is 1. The van der Waals surface area contributed by atoms with Gasteiger partial charge in [0.2, 0.25) is 5.91 Å². The molecule has 0 saturated carbocycles. The van der Waals surface area contributed by atoms with Crippen molar-refractivity contribution in [1.29, 1.82) is 0 Å². The van der Waals surface area contributed by atoms with Crippen LogP contribution in [0.4, 0.5) is 5.69 Å². The Kier molecular flexibility index (Phi) is 7.37. The molecule has 1 aliphatic rings. The number of ether oxygens (including phenoxy) is 1. The molecule has 3 aromatic rings. The predicted molar refractivity (Wildman–Crippen MR) is 128 cm³/mol. The van der Waals surface area contributed by atoms with E-state index in [1.165, 1.54) is 10.5 Å². The zero-order valence-corrected chi connectivity index (χ0v) is 19.2. The Hall–Kier alpha value is -3.94. The van der Waals surface area contributed by atoms with Gasteiger partial charge in [0.1, 0.15) is 5.75 Å². The lowest BCUT2D eigenvalue weighted by Gasteiger charge is -2.13. The van der Waals surface area contributed by atoms with Gasteiger partial charge in [-0.05, 0) is 49.1 Å². The molecule has 2 aromatic carbocycles. The van der Waals surface area contributed by atoms with Crippen LogP contribution in [0.2, 0.25) is 0 Å². The summed E-state index contributed by atoms with van der Waals surface area (Å²) < 4.78 is 7.33. The number of aromatic nitrogens is 2. The van der Waals surface area contributed by atoms with Gasteiger partial charge in [-0.15, -0.1) is 0 Å². The monoisotopic (exact) mass is 460 g/mol. The van der Waals surface area contributed by atoms with Crippen molar-refractivity contribution in [1.82, 2.24) is 14.7 Å². The second kappa shape index (κ2) is 10.8. The second-order valence-electron chi connectivity index (χ2n) is 8.21. The summed E-state index contributed by atoms with van der Waals surface area (Å²) in [7, 11) is 0. The van der Waals surface area contributed by atoms with E-state index in [0.717, 1.165) is 18.6 Å². The summed E-state index contributed by atoms with van der Waals surface area (Å²) >= 11 is 0. The number of aryl methyl sites for hydroxylation is 1. The number of benzene rings is 2. The summed E-state index contributed by atoms with van der Waals surface area (Å²) in [6, 6.07) is 14.8. The second-order valence-corrected chi connectivity index (χ2v) is 8.21. The zero-order valence-electron chi connectivity index (χ0n) is 19.2. The Morgan fingerprint density at radius 1 is 0.971 bits per heavy atom. The molecule has 2 heterocycles. The highest BCUT2D eigenvalue weighted by molar-refractivity contribution is 6.21. The van der Waals surface area contributed by atoms with E-state index in [1.807, 2.05) is 24.3 Å². The number of hydrogen-bond acceptors (Lipinski definition) is 5. The van der Waals surface area contributed by atoms with E-state index >= 15 is 0 Å². The Morgan fingerprint density at radius 2 is 1.68 bits per heavy atom. The van der Waals surface area contributed by atoms with Crippen LogP contribution in [-0.2, 0) is 17.9 Å². The van der Waals surface area contributed by atoms with Crippen LogP contribution in [0.3, 0.4) is 0 Å². The zero-order chi connectivity index (χ0) is 23.9. The lowest BCUT2D eigenvalue weighted by molar-refractivity contribution is -0.116. The molecule has 0 saturated heterocycles. The summed E-state index contributed by atoms with van der Waals surface area (Å²) in [6.45, 7) is 2.72. The third-order valence-electron chi connectivity index (χ3n) is 5.78. The summed E-state index contributed by atoms with van der Waals surface area (Å²) in [6.07, 6.45) is 6.71. The molecule has 0 bridgehead atoms. The fourth-order valence-electron chi connectivity index (χ4n) is 3.86. The first-order valence-electron chi connectivity index (χ1n) is 11.5. The van der Waals surface area contributed by atoms with Crippen LogP contribution < -0.4 is 10.1 Å². The average molecular weight is 461 g/mol. The number of carbonyl (C=O) groups is 3. The summed E-state index contributed by atoms with van der Waals surface area (Å²) in [5, 5.41) is 7.05. The highest BCUT2D eigenvalue weighted by Gasteiger charge is 2.34. The van der Waals surface area contributed by atoms with Gasteiger partial charge in [0.25, 0.3) is 11.8 Å². The molecular weight excluding hydrogens is 432 g/mol. The van der Waals surface area contributed by atoms with Gasteiger partial charge in [-0.25, -0.2) is 4.68 Å². The largest absolute Gasteiger partial charge is 0.471 e. The van der Waals surface area contributed by atoms with E-state index in [-0.39, 0.29) is 24.5 Å². The third-order valence-corrected chi connectivity index (χ3v) is 5.78. The van der Waals surface area contributed by atoms with Crippen molar-refractivity contribution < 1.29 is 19.1 Å². The number of unbranched alkanes of at least 4 members (excludes halogenated alkanes) is 2. The number of nitrogens with zero attached hydrogens (tertiary/aromatic N) is 3. The quantitative estimate of drug-likeness (QED) is 0.341. The molecule has 1 N–H and O–H groups in total. The van der Waals surface area contributed by atoms with Crippen molar-refractivity contribution in [3.63, 3.8) is 0 Å². The molecule has 3 amide bonds. The Labute approximate surface area is 198 Å². The molecular formula is C26H28N4O4. The number of imide groups is 1. The summed E-state index contributed by atoms with van der Waals surface area (Å²) in [4.78, 5) is 38.2. The van der Waals surface area contributed by atoms with Crippen LogP contribution in [0.25, 0.3) is 0 Å². The molecule has 0 radical (unpaired) electrons. The molecule has 34 heavy (non-hydrogen) atoms. The Bertz CT molecular complexity index is 1130. The maximum atomic E-state index is 12.4. The number of nitrogens with one attached hydrogen (secondary N) is 1. The van der Waals surface area contributed by atoms with Gasteiger partial charge >= 0.3 is 0 Å². The minimum absolute atomic E-state index is 0.101. The van der Waals surface area contributed by atoms with E-state index in [2.05, 4.69) is 17.3 Å². The maximum Gasteiger partial charge on any atom is 0.261 e. The van der Waals surface area contributed by atoms with Crippen LogP contribution in [0.1, 0.15) is 58.9 Å². The van der Waals surface area contributed by atoms with Gasteiger partial charge in [-0.1, -0.05) is 37.6 Å². The first-order chi connectivity index (χ1) is 16.5. The van der Waals surface area contributed by atoms with Crippen molar-refractivity contribution in [2.24, 2.45) is 0 Å². The first kappa shape index (κ1) is 23.2. The molecule has 176 valence electrons. The Balaban J connectivity index is 1.14. The number of carbonyl (C=O) groups excluding carboxylic acids is 3. The van der Waals surface area contributed by atoms with Crippen molar-refractivity contribution in [2.45, 2.75) is 45.8 Å². The van der Waals surface area contributed by atoms with Gasteiger partial charge in [0.15, 0.2) is 6.73 Å². The topological polar surface area (TPSA) is 93.5 Å². The standard InChI is InChI=1S/C26H28N4O4/c1-2-19-11-13-21(14-12-19)34-18-29-17-20(16-27-29)28-24(31)10-4-3-7-15-30-25(32)22-8-5-6-9-23(22)26(30)33/h5-6,8-9,11-14,16-17H,2-4,7,10,15,18H2,1H3,(H,28,31). The van der Waals surface area contributed by atoms with Gasteiger partial charge in [-0.2, -0.15) is 5.10 Å². The average Bonchev–Trinajstić information content (AvgIpc) is 3.40. The fourth-order valence-corrected chi connectivity index (χ4v) is 3.86. The normalized spacial score (nSPS) is 12.7. The highest BCUT2D eigenvalue weighted by atomic mass is 16.5. The van der Waals surface area contributed by atoms with Gasteiger partial charge < -0.3 is 10.1 Å². The van der Waals surface area contributed by atoms with E-state index < -0.39 is 0 Å². The van der Waals surface area contributed by atoms with Crippen LogP contribution in [-0.4, -0.2) is 38.9 Å². The van der Waals surface area contributed by atoms with Crippen molar-refractivity contribution in [2.75, 3.05) is 11.9 Å². The number of anilines is 1. The number of amides is 3. The van der Waals surface area contributed by atoms with E-state index in [9.17, 15) is 14.4 Å². The first-order valence-corrected chi connectivity index (χ1v) is 11.5. The number of fused-ring (bicyclic) bond motifs is 1. The van der Waals surface area contributed by atoms with Gasteiger partial charge in [0.05, 0.1) is 29.2 Å². The predicted octanol–water partition coefficient (Wildman–Crippen LogP) is 4.28. The molecule has 8 heteroatoms. The van der Waals surface area contributed by atoms with Crippen molar-refractivity contribution >= 4 is 23.4 Å². The van der Waals surface area contributed by atoms with E-state index in [1.54, 1.807) is 41.3 Å². The highest BCUT2D eigenvalue weighted by Crippen LogP contribution is 2.23. The van der Waals surface area contributed by atoms with Crippen LogP contribution in [0.15, 0.2) is 60.9 Å². The molecule has 1 aliphatic heterocycles. The van der Waals surface area contributed by atoms with E-state index in [0.29, 0.717) is 42.6 Å². The SMILES string of the molecule is CCc1ccc(OCn2cc(NC(=O)CCCCCN3C(=O)c4ccccc4C3=O)cn2)cc1. The van der Waals surface area contributed by atoms with Crippen LogP contribution >= 0.6 is 0 Å².